The Bertz CT molecular complexity index is 803. The monoisotopic (exact) mass is 373 g/mol. The molecule has 0 saturated heterocycles. The van der Waals surface area contributed by atoms with Crippen molar-refractivity contribution in [2.24, 2.45) is 0 Å². The van der Waals surface area contributed by atoms with Crippen LogP contribution in [0.15, 0.2) is 30.3 Å². The van der Waals surface area contributed by atoms with Gasteiger partial charge in [0.15, 0.2) is 18.1 Å². The zero-order valence-corrected chi connectivity index (χ0v) is 16.5. The van der Waals surface area contributed by atoms with Crippen molar-refractivity contribution >= 4 is 5.91 Å². The first-order valence-corrected chi connectivity index (χ1v) is 8.73. The average Bonchev–Trinajstić information content (AvgIpc) is 2.68. The Morgan fingerprint density at radius 2 is 1.70 bits per heavy atom. The molecule has 2 aromatic rings. The van der Waals surface area contributed by atoms with Gasteiger partial charge in [0, 0.05) is 6.54 Å². The van der Waals surface area contributed by atoms with E-state index in [1.54, 1.807) is 25.3 Å². The normalized spacial score (nSPS) is 11.6. The minimum absolute atomic E-state index is 0.0729. The lowest BCUT2D eigenvalue weighted by Crippen LogP contribution is -2.32. The van der Waals surface area contributed by atoms with Crippen molar-refractivity contribution < 1.29 is 24.1 Å². The van der Waals surface area contributed by atoms with Gasteiger partial charge in [0.05, 0.1) is 20.3 Å². The van der Waals surface area contributed by atoms with E-state index in [0.29, 0.717) is 17.1 Å². The Balaban J connectivity index is 1.91. The molecular formula is C21H27NO5. The van der Waals surface area contributed by atoms with Gasteiger partial charge in [-0.15, -0.1) is 0 Å². The predicted octanol–water partition coefficient (Wildman–Crippen LogP) is 2.86. The molecule has 2 rings (SSSR count). The van der Waals surface area contributed by atoms with Crippen molar-refractivity contribution in [3.63, 3.8) is 0 Å². The highest BCUT2D eigenvalue weighted by Gasteiger charge is 2.14. The van der Waals surface area contributed by atoms with Gasteiger partial charge in [0.2, 0.25) is 0 Å². The van der Waals surface area contributed by atoms with Crippen LogP contribution in [-0.4, -0.2) is 38.4 Å². The van der Waals surface area contributed by atoms with Crippen LogP contribution < -0.4 is 19.5 Å². The zero-order chi connectivity index (χ0) is 20.0. The number of aryl methyl sites for hydroxylation is 2. The number of methoxy groups -OCH3 is 2. The maximum atomic E-state index is 12.1. The van der Waals surface area contributed by atoms with Crippen molar-refractivity contribution in [2.75, 3.05) is 27.4 Å². The summed E-state index contributed by atoms with van der Waals surface area (Å²) in [6, 6.07) is 9.12. The van der Waals surface area contributed by atoms with Gasteiger partial charge >= 0.3 is 0 Å². The van der Waals surface area contributed by atoms with Crippen molar-refractivity contribution in [2.45, 2.75) is 26.9 Å². The van der Waals surface area contributed by atoms with Crippen LogP contribution in [-0.2, 0) is 4.79 Å². The number of carbonyl (C=O) groups excluding carboxylic acids is 1. The highest BCUT2D eigenvalue weighted by molar-refractivity contribution is 5.77. The van der Waals surface area contributed by atoms with Crippen LogP contribution in [0.4, 0.5) is 0 Å². The smallest absolute Gasteiger partial charge is 0.258 e. The van der Waals surface area contributed by atoms with E-state index in [4.69, 9.17) is 14.2 Å². The molecule has 1 amide bonds. The van der Waals surface area contributed by atoms with E-state index >= 15 is 0 Å². The number of hydrogen-bond acceptors (Lipinski definition) is 5. The van der Waals surface area contributed by atoms with E-state index in [2.05, 4.69) is 5.32 Å². The van der Waals surface area contributed by atoms with Crippen LogP contribution in [0.5, 0.6) is 17.2 Å². The van der Waals surface area contributed by atoms with E-state index in [1.807, 2.05) is 32.9 Å². The molecule has 0 aliphatic rings. The second kappa shape index (κ2) is 9.28. The van der Waals surface area contributed by atoms with Crippen molar-refractivity contribution in [1.29, 1.82) is 0 Å². The van der Waals surface area contributed by atoms with E-state index in [1.165, 1.54) is 7.11 Å². The highest BCUT2D eigenvalue weighted by atomic mass is 16.5. The summed E-state index contributed by atoms with van der Waals surface area (Å²) >= 11 is 0. The molecule has 0 fully saturated rings. The molecule has 0 bridgehead atoms. The van der Waals surface area contributed by atoms with Crippen LogP contribution in [0.3, 0.4) is 0 Å². The number of hydrogen-bond donors (Lipinski definition) is 2. The molecule has 6 nitrogen and oxygen atoms in total. The number of rotatable bonds is 8. The minimum atomic E-state index is -0.865. The van der Waals surface area contributed by atoms with Crippen molar-refractivity contribution in [3.05, 3.63) is 52.6 Å². The first-order chi connectivity index (χ1) is 12.9. The number of benzene rings is 2. The number of carbonyl (C=O) groups is 1. The summed E-state index contributed by atoms with van der Waals surface area (Å²) in [5.41, 5.74) is 3.74. The fourth-order valence-electron chi connectivity index (χ4n) is 2.72. The summed E-state index contributed by atoms with van der Waals surface area (Å²) in [5.74, 6) is 1.53. The standard InChI is InChI=1S/C21H27NO5/c1-13-6-7-14(2)21(15(13)3)27-12-20(24)22-11-17(23)16-8-9-18(25-4)19(10-16)26-5/h6-10,17,23H,11-12H2,1-5H3,(H,22,24). The van der Waals surface area contributed by atoms with Gasteiger partial charge in [0.1, 0.15) is 5.75 Å². The number of aliphatic hydroxyl groups is 1. The van der Waals surface area contributed by atoms with Gasteiger partial charge in [-0.3, -0.25) is 4.79 Å². The van der Waals surface area contributed by atoms with Gasteiger partial charge in [-0.25, -0.2) is 0 Å². The van der Waals surface area contributed by atoms with Gasteiger partial charge in [-0.05, 0) is 55.2 Å². The summed E-state index contributed by atoms with van der Waals surface area (Å²) < 4.78 is 16.1. The molecule has 0 aromatic heterocycles. The third-order valence-corrected chi connectivity index (χ3v) is 4.51. The quantitative estimate of drug-likeness (QED) is 0.744. The Hall–Kier alpha value is -2.73. The Morgan fingerprint density at radius 3 is 2.37 bits per heavy atom. The molecule has 6 heteroatoms. The average molecular weight is 373 g/mol. The largest absolute Gasteiger partial charge is 0.493 e. The summed E-state index contributed by atoms with van der Waals surface area (Å²) in [6.07, 6.45) is -0.865. The lowest BCUT2D eigenvalue weighted by molar-refractivity contribution is -0.123. The minimum Gasteiger partial charge on any atom is -0.493 e. The van der Waals surface area contributed by atoms with Crippen LogP contribution in [0, 0.1) is 20.8 Å². The Kier molecular flexibility index (Phi) is 7.07. The lowest BCUT2D eigenvalue weighted by atomic mass is 10.1. The van der Waals surface area contributed by atoms with Crippen LogP contribution in [0.1, 0.15) is 28.4 Å². The number of ether oxygens (including phenoxy) is 3. The summed E-state index contributed by atoms with van der Waals surface area (Å²) in [6.45, 7) is 5.88. The molecule has 0 saturated carbocycles. The second-order valence-corrected chi connectivity index (χ2v) is 6.38. The topological polar surface area (TPSA) is 77.0 Å². The Labute approximate surface area is 160 Å². The third kappa shape index (κ3) is 5.14. The van der Waals surface area contributed by atoms with E-state index in [9.17, 15) is 9.90 Å². The molecule has 0 aliphatic carbocycles. The number of nitrogens with one attached hydrogen (secondary N) is 1. The van der Waals surface area contributed by atoms with Crippen molar-refractivity contribution in [3.8, 4) is 17.2 Å². The number of aliphatic hydroxyl groups excluding tert-OH is 1. The molecule has 1 unspecified atom stereocenters. The fraction of sp³-hybridized carbons (Fsp3) is 0.381. The van der Waals surface area contributed by atoms with E-state index < -0.39 is 6.10 Å². The number of amides is 1. The maximum absolute atomic E-state index is 12.1. The molecule has 27 heavy (non-hydrogen) atoms. The van der Waals surface area contributed by atoms with Gasteiger partial charge in [0.25, 0.3) is 5.91 Å². The predicted molar refractivity (Wildman–Crippen MR) is 104 cm³/mol. The highest BCUT2D eigenvalue weighted by Crippen LogP contribution is 2.30. The van der Waals surface area contributed by atoms with Crippen LogP contribution in [0.2, 0.25) is 0 Å². The molecule has 2 N–H and O–H groups in total. The maximum Gasteiger partial charge on any atom is 0.258 e. The first-order valence-electron chi connectivity index (χ1n) is 8.73. The molecule has 0 radical (unpaired) electrons. The molecular weight excluding hydrogens is 346 g/mol. The molecule has 0 aliphatic heterocycles. The SMILES string of the molecule is COc1ccc(C(O)CNC(=O)COc2c(C)ccc(C)c2C)cc1OC. The van der Waals surface area contributed by atoms with Gasteiger partial charge in [-0.1, -0.05) is 18.2 Å². The summed E-state index contributed by atoms with van der Waals surface area (Å²) in [7, 11) is 3.08. The molecule has 2 aromatic carbocycles. The second-order valence-electron chi connectivity index (χ2n) is 6.38. The lowest BCUT2D eigenvalue weighted by Gasteiger charge is -2.16. The van der Waals surface area contributed by atoms with E-state index in [0.717, 1.165) is 22.4 Å². The van der Waals surface area contributed by atoms with Gasteiger partial charge < -0.3 is 24.6 Å². The Morgan fingerprint density at radius 1 is 1.04 bits per heavy atom. The van der Waals surface area contributed by atoms with Crippen molar-refractivity contribution in [1.82, 2.24) is 5.32 Å². The molecule has 1 atom stereocenters. The van der Waals surface area contributed by atoms with Crippen LogP contribution in [0.25, 0.3) is 0 Å². The molecule has 0 spiro atoms. The van der Waals surface area contributed by atoms with Crippen LogP contribution >= 0.6 is 0 Å². The zero-order valence-electron chi connectivity index (χ0n) is 16.5. The summed E-state index contributed by atoms with van der Waals surface area (Å²) in [5, 5.41) is 13.0. The van der Waals surface area contributed by atoms with E-state index in [-0.39, 0.29) is 19.1 Å². The molecule has 0 heterocycles. The fourth-order valence-corrected chi connectivity index (χ4v) is 2.72. The summed E-state index contributed by atoms with van der Waals surface area (Å²) in [4.78, 5) is 12.1. The first kappa shape index (κ1) is 20.6. The third-order valence-electron chi connectivity index (χ3n) is 4.51. The van der Waals surface area contributed by atoms with Gasteiger partial charge in [-0.2, -0.15) is 0 Å². The molecule has 146 valence electrons.